The Bertz CT molecular complexity index is 1080. The zero-order valence-corrected chi connectivity index (χ0v) is 22.0. The van der Waals surface area contributed by atoms with Gasteiger partial charge in [0.15, 0.2) is 5.78 Å². The molecule has 0 aliphatic rings. The predicted molar refractivity (Wildman–Crippen MR) is 145 cm³/mol. The molecule has 5 N–H and O–H groups in total. The number of phenols is 1. The lowest BCUT2D eigenvalue weighted by atomic mass is 10.0. The van der Waals surface area contributed by atoms with Crippen LogP contribution in [0.3, 0.4) is 0 Å². The fraction of sp³-hybridized carbons (Fsp3) is 0.429. The van der Waals surface area contributed by atoms with E-state index < -0.39 is 0 Å². The molecule has 0 radical (unpaired) electrons. The fourth-order valence-electron chi connectivity index (χ4n) is 4.14. The number of ketones is 1. The maximum absolute atomic E-state index is 13.2. The molecule has 7 heteroatoms. The lowest BCUT2D eigenvalue weighted by Gasteiger charge is -2.19. The van der Waals surface area contributed by atoms with Crippen LogP contribution in [-0.4, -0.2) is 49.0 Å². The Morgan fingerprint density at radius 3 is 2.40 bits per heavy atom. The zero-order valence-electron chi connectivity index (χ0n) is 22.0. The van der Waals surface area contributed by atoms with E-state index in [1.807, 2.05) is 40.3 Å². The van der Waals surface area contributed by atoms with Crippen LogP contribution in [0.4, 0.5) is 5.69 Å². The highest BCUT2D eigenvalue weighted by Crippen LogP contribution is 2.33. The van der Waals surface area contributed by atoms with Crippen molar-refractivity contribution in [1.29, 1.82) is 0 Å². The number of phenolic OH excluding ortho intramolecular Hbond substituents is 1. The molecule has 0 saturated carbocycles. The summed E-state index contributed by atoms with van der Waals surface area (Å²) in [6.07, 6.45) is 4.63. The van der Waals surface area contributed by atoms with Crippen molar-refractivity contribution in [3.8, 4) is 17.0 Å². The van der Waals surface area contributed by atoms with Crippen LogP contribution in [0, 0.1) is 6.92 Å². The standard InChI is InChI=1S/C26H34N4O2.C2H7N/c1-5-6-7-8-15-21(32)25-23(18-12-10-13-19(31)16-18)29-26(30-25)24(28-4)20-14-9-11-17(2)22(20)27-3;1-3-2/h9-14,16,24,27-28,31H,5-8,15H2,1-4H3,(H,29,30);3H,1-2H3. The molecule has 0 fully saturated rings. The third-order valence-corrected chi connectivity index (χ3v) is 5.81. The topological polar surface area (TPSA) is 102 Å². The fourth-order valence-corrected chi connectivity index (χ4v) is 4.14. The van der Waals surface area contributed by atoms with E-state index in [0.29, 0.717) is 23.6 Å². The first-order valence-corrected chi connectivity index (χ1v) is 12.4. The largest absolute Gasteiger partial charge is 0.508 e. The number of aromatic nitrogens is 2. The predicted octanol–water partition coefficient (Wildman–Crippen LogP) is 5.43. The molecular formula is C28H41N5O2. The van der Waals surface area contributed by atoms with E-state index in [1.165, 1.54) is 0 Å². The van der Waals surface area contributed by atoms with Gasteiger partial charge in [-0.05, 0) is 52.2 Å². The van der Waals surface area contributed by atoms with Gasteiger partial charge >= 0.3 is 0 Å². The van der Waals surface area contributed by atoms with Crippen molar-refractivity contribution in [1.82, 2.24) is 20.6 Å². The van der Waals surface area contributed by atoms with Gasteiger partial charge in [0, 0.05) is 30.3 Å². The van der Waals surface area contributed by atoms with Crippen molar-refractivity contribution in [2.24, 2.45) is 0 Å². The van der Waals surface area contributed by atoms with E-state index in [1.54, 1.807) is 18.2 Å². The van der Waals surface area contributed by atoms with Gasteiger partial charge in [-0.3, -0.25) is 4.79 Å². The van der Waals surface area contributed by atoms with Crippen LogP contribution in [0.1, 0.15) is 72.5 Å². The summed E-state index contributed by atoms with van der Waals surface area (Å²) in [5.41, 5.74) is 5.02. The molecule has 1 aromatic heterocycles. The minimum atomic E-state index is -0.227. The first-order valence-electron chi connectivity index (χ1n) is 12.4. The number of H-pyrrole nitrogens is 1. The van der Waals surface area contributed by atoms with Crippen LogP contribution in [0.2, 0.25) is 0 Å². The highest BCUT2D eigenvalue weighted by Gasteiger charge is 2.25. The number of hydrogen-bond acceptors (Lipinski definition) is 6. The summed E-state index contributed by atoms with van der Waals surface area (Å²) >= 11 is 0. The van der Waals surface area contributed by atoms with Gasteiger partial charge in [-0.15, -0.1) is 0 Å². The Labute approximate surface area is 209 Å². The smallest absolute Gasteiger partial charge is 0.181 e. The number of hydrogen-bond donors (Lipinski definition) is 5. The second-order valence-corrected chi connectivity index (χ2v) is 8.64. The van der Waals surface area contributed by atoms with Gasteiger partial charge in [-0.25, -0.2) is 4.98 Å². The van der Waals surface area contributed by atoms with E-state index in [9.17, 15) is 9.90 Å². The summed E-state index contributed by atoms with van der Waals surface area (Å²) in [7, 11) is 7.54. The highest BCUT2D eigenvalue weighted by molar-refractivity contribution is 6.00. The van der Waals surface area contributed by atoms with Gasteiger partial charge < -0.3 is 26.0 Å². The van der Waals surface area contributed by atoms with Crippen molar-refractivity contribution in [2.45, 2.75) is 52.0 Å². The van der Waals surface area contributed by atoms with E-state index in [2.05, 4.69) is 46.9 Å². The van der Waals surface area contributed by atoms with Crippen molar-refractivity contribution < 1.29 is 9.90 Å². The van der Waals surface area contributed by atoms with Gasteiger partial charge in [-0.2, -0.15) is 0 Å². The first-order chi connectivity index (χ1) is 16.9. The maximum Gasteiger partial charge on any atom is 0.181 e. The Balaban J connectivity index is 0.00000137. The van der Waals surface area contributed by atoms with E-state index in [0.717, 1.165) is 48.1 Å². The molecule has 2 aromatic carbocycles. The Hall–Kier alpha value is -3.16. The van der Waals surface area contributed by atoms with Gasteiger partial charge in [0.05, 0.1) is 11.7 Å². The first kappa shape index (κ1) is 28.1. The minimum absolute atomic E-state index is 0.0473. The third-order valence-electron chi connectivity index (χ3n) is 5.81. The summed E-state index contributed by atoms with van der Waals surface area (Å²) in [5, 5.41) is 19.4. The van der Waals surface area contributed by atoms with E-state index in [-0.39, 0.29) is 17.6 Å². The average Bonchev–Trinajstić information content (AvgIpc) is 3.28. The maximum atomic E-state index is 13.2. The van der Waals surface area contributed by atoms with Gasteiger partial charge in [0.1, 0.15) is 17.3 Å². The quantitative estimate of drug-likeness (QED) is 0.186. The van der Waals surface area contributed by atoms with Crippen molar-refractivity contribution in [2.75, 3.05) is 33.5 Å². The molecule has 3 aromatic rings. The number of carbonyl (C=O) groups excluding carboxylic acids is 1. The van der Waals surface area contributed by atoms with E-state index in [4.69, 9.17) is 4.98 Å². The number of Topliss-reactive ketones (excluding diaryl/α,β-unsaturated/α-hetero) is 1. The van der Waals surface area contributed by atoms with Crippen LogP contribution in [0.15, 0.2) is 42.5 Å². The van der Waals surface area contributed by atoms with Gasteiger partial charge in [0.2, 0.25) is 0 Å². The molecule has 3 rings (SSSR count). The van der Waals surface area contributed by atoms with Crippen LogP contribution in [-0.2, 0) is 0 Å². The molecule has 0 aliphatic heterocycles. The number of unbranched alkanes of at least 4 members (excludes halogenated alkanes) is 3. The Morgan fingerprint density at radius 2 is 1.77 bits per heavy atom. The Morgan fingerprint density at radius 1 is 1.06 bits per heavy atom. The van der Waals surface area contributed by atoms with Crippen LogP contribution in [0.25, 0.3) is 11.3 Å². The molecule has 0 spiro atoms. The Kier molecular flexibility index (Phi) is 11.5. The molecule has 0 aliphatic carbocycles. The number of para-hydroxylation sites is 1. The monoisotopic (exact) mass is 479 g/mol. The lowest BCUT2D eigenvalue weighted by Crippen LogP contribution is -2.20. The normalized spacial score (nSPS) is 11.5. The second-order valence-electron chi connectivity index (χ2n) is 8.64. The number of carbonyl (C=O) groups is 1. The molecule has 190 valence electrons. The molecule has 0 bridgehead atoms. The zero-order chi connectivity index (χ0) is 25.8. The minimum Gasteiger partial charge on any atom is -0.508 e. The second kappa shape index (κ2) is 14.3. The van der Waals surface area contributed by atoms with Gasteiger partial charge in [0.25, 0.3) is 0 Å². The summed E-state index contributed by atoms with van der Waals surface area (Å²) in [6, 6.07) is 12.8. The average molecular weight is 480 g/mol. The molecule has 1 heterocycles. The number of aromatic amines is 1. The number of rotatable bonds is 11. The third kappa shape index (κ3) is 7.41. The summed E-state index contributed by atoms with van der Waals surface area (Å²) in [6.45, 7) is 4.22. The van der Waals surface area contributed by atoms with Crippen LogP contribution >= 0.6 is 0 Å². The number of nitrogens with zero attached hydrogens (tertiary/aromatic N) is 1. The summed E-state index contributed by atoms with van der Waals surface area (Å²) in [4.78, 5) is 21.3. The lowest BCUT2D eigenvalue weighted by molar-refractivity contribution is 0.0975. The molecule has 7 nitrogen and oxygen atoms in total. The molecular weight excluding hydrogens is 438 g/mol. The number of benzene rings is 2. The summed E-state index contributed by atoms with van der Waals surface area (Å²) < 4.78 is 0. The van der Waals surface area contributed by atoms with Gasteiger partial charge in [-0.1, -0.05) is 56.5 Å². The number of nitrogens with one attached hydrogen (secondary N) is 4. The molecule has 0 saturated heterocycles. The van der Waals surface area contributed by atoms with Crippen molar-refractivity contribution in [3.05, 3.63) is 65.1 Å². The molecule has 1 atom stereocenters. The van der Waals surface area contributed by atoms with Crippen molar-refractivity contribution in [3.63, 3.8) is 0 Å². The van der Waals surface area contributed by atoms with E-state index >= 15 is 0 Å². The highest BCUT2D eigenvalue weighted by atomic mass is 16.3. The van der Waals surface area contributed by atoms with Crippen LogP contribution < -0.4 is 16.0 Å². The number of anilines is 1. The number of imidazole rings is 1. The van der Waals surface area contributed by atoms with Crippen LogP contribution in [0.5, 0.6) is 5.75 Å². The number of aromatic hydroxyl groups is 1. The molecule has 1 unspecified atom stereocenters. The molecule has 0 amide bonds. The van der Waals surface area contributed by atoms with Crippen molar-refractivity contribution >= 4 is 11.5 Å². The number of aryl methyl sites for hydroxylation is 1. The summed E-state index contributed by atoms with van der Waals surface area (Å²) in [5.74, 6) is 0.866. The SMILES string of the molecule is CCCCCCC(=O)c1[nH]c(C(NC)c2cccc(C)c2NC)nc1-c1cccc(O)c1.CNC. The molecule has 35 heavy (non-hydrogen) atoms.